The molecule has 20 heavy (non-hydrogen) atoms. The molecule has 112 valence electrons. The monoisotopic (exact) mass is 294 g/mol. The van der Waals surface area contributed by atoms with Gasteiger partial charge in [-0.25, -0.2) is 8.78 Å². The molecule has 1 aliphatic carbocycles. The summed E-state index contributed by atoms with van der Waals surface area (Å²) in [6.45, 7) is 0. The maximum Gasteiger partial charge on any atom is 0.391 e. The molecule has 0 aliphatic heterocycles. The second-order valence-electron chi connectivity index (χ2n) is 5.25. The van der Waals surface area contributed by atoms with E-state index in [4.69, 9.17) is 0 Å². The van der Waals surface area contributed by atoms with Gasteiger partial charge in [-0.3, -0.25) is 0 Å². The topological polar surface area (TPSA) is 20.2 Å². The summed E-state index contributed by atoms with van der Waals surface area (Å²) in [6.07, 6.45) is -5.53. The van der Waals surface area contributed by atoms with Crippen molar-refractivity contribution >= 4 is 0 Å². The molecule has 2 rings (SSSR count). The summed E-state index contributed by atoms with van der Waals surface area (Å²) in [5.41, 5.74) is -0.527. The Labute approximate surface area is 113 Å². The van der Waals surface area contributed by atoms with Crippen molar-refractivity contribution in [2.24, 2.45) is 11.8 Å². The van der Waals surface area contributed by atoms with Crippen LogP contribution in [0.2, 0.25) is 0 Å². The molecule has 0 heterocycles. The van der Waals surface area contributed by atoms with Crippen LogP contribution in [0, 0.1) is 23.5 Å². The maximum atomic E-state index is 13.6. The van der Waals surface area contributed by atoms with Gasteiger partial charge in [0.25, 0.3) is 0 Å². The van der Waals surface area contributed by atoms with Crippen LogP contribution in [0.25, 0.3) is 0 Å². The Kier molecular flexibility index (Phi) is 4.32. The molecule has 1 aromatic carbocycles. The molecule has 3 unspecified atom stereocenters. The lowest BCUT2D eigenvalue weighted by Gasteiger charge is -2.33. The van der Waals surface area contributed by atoms with E-state index in [9.17, 15) is 27.1 Å². The van der Waals surface area contributed by atoms with Gasteiger partial charge in [-0.1, -0.05) is 12.5 Å². The van der Waals surface area contributed by atoms with Crippen LogP contribution in [0.4, 0.5) is 22.0 Å². The predicted molar refractivity (Wildman–Crippen MR) is 62.8 cm³/mol. The van der Waals surface area contributed by atoms with Gasteiger partial charge in [0.15, 0.2) is 0 Å². The molecular weight excluding hydrogens is 279 g/mol. The van der Waals surface area contributed by atoms with Gasteiger partial charge in [0.1, 0.15) is 11.6 Å². The second-order valence-corrected chi connectivity index (χ2v) is 5.25. The van der Waals surface area contributed by atoms with E-state index < -0.39 is 41.3 Å². The Morgan fingerprint density at radius 3 is 2.25 bits per heavy atom. The highest BCUT2D eigenvalue weighted by Crippen LogP contribution is 2.44. The number of halogens is 5. The number of hydrogen-bond acceptors (Lipinski definition) is 1. The van der Waals surface area contributed by atoms with Crippen LogP contribution in [0.3, 0.4) is 0 Å². The zero-order valence-corrected chi connectivity index (χ0v) is 10.6. The fraction of sp³-hybridized carbons (Fsp3) is 0.571. The normalized spacial score (nSPS) is 25.5. The molecule has 0 aromatic heterocycles. The van der Waals surface area contributed by atoms with E-state index in [-0.39, 0.29) is 12.8 Å². The molecule has 0 amide bonds. The molecule has 6 heteroatoms. The smallest absolute Gasteiger partial charge is 0.388 e. The van der Waals surface area contributed by atoms with E-state index in [1.807, 2.05) is 0 Å². The van der Waals surface area contributed by atoms with E-state index in [1.54, 1.807) is 0 Å². The Morgan fingerprint density at radius 2 is 1.70 bits per heavy atom. The summed E-state index contributed by atoms with van der Waals surface area (Å²) in [7, 11) is 0. The summed E-state index contributed by atoms with van der Waals surface area (Å²) in [6, 6.07) is 3.14. The Morgan fingerprint density at radius 1 is 1.10 bits per heavy atom. The lowest BCUT2D eigenvalue weighted by atomic mass is 9.76. The highest BCUT2D eigenvalue weighted by Gasteiger charge is 2.44. The van der Waals surface area contributed by atoms with Gasteiger partial charge in [0.05, 0.1) is 17.6 Å². The fourth-order valence-corrected chi connectivity index (χ4v) is 2.84. The molecular formula is C14H15F5O. The van der Waals surface area contributed by atoms with Gasteiger partial charge in [0, 0.05) is 0 Å². The van der Waals surface area contributed by atoms with Crippen molar-refractivity contribution in [3.8, 4) is 0 Å². The predicted octanol–water partition coefficient (Wildman–Crippen LogP) is 4.37. The molecule has 0 radical (unpaired) electrons. The van der Waals surface area contributed by atoms with E-state index in [0.717, 1.165) is 18.2 Å². The first-order valence-electron chi connectivity index (χ1n) is 6.49. The quantitative estimate of drug-likeness (QED) is 0.803. The third-order valence-corrected chi connectivity index (χ3v) is 3.92. The van der Waals surface area contributed by atoms with Crippen molar-refractivity contribution in [3.05, 3.63) is 35.4 Å². The number of alkyl halides is 3. The molecule has 1 aromatic rings. The Hall–Kier alpha value is -1.17. The van der Waals surface area contributed by atoms with Crippen LogP contribution in [-0.2, 0) is 0 Å². The van der Waals surface area contributed by atoms with E-state index in [2.05, 4.69) is 0 Å². The second kappa shape index (κ2) is 5.68. The van der Waals surface area contributed by atoms with Crippen molar-refractivity contribution < 1.29 is 27.1 Å². The molecule has 1 aliphatic rings. The minimum Gasteiger partial charge on any atom is -0.388 e. The summed E-state index contributed by atoms with van der Waals surface area (Å²) in [5.74, 6) is -4.13. The lowest BCUT2D eigenvalue weighted by Crippen LogP contribution is -2.31. The van der Waals surface area contributed by atoms with Crippen molar-refractivity contribution in [1.29, 1.82) is 0 Å². The maximum absolute atomic E-state index is 13.6. The minimum absolute atomic E-state index is 0.00642. The van der Waals surface area contributed by atoms with Gasteiger partial charge in [-0.2, -0.15) is 13.2 Å². The van der Waals surface area contributed by atoms with Crippen molar-refractivity contribution in [2.45, 2.75) is 38.0 Å². The summed E-state index contributed by atoms with van der Waals surface area (Å²) >= 11 is 0. The Balaban J connectivity index is 2.19. The fourth-order valence-electron chi connectivity index (χ4n) is 2.84. The highest BCUT2D eigenvalue weighted by molar-refractivity contribution is 5.22. The number of aliphatic hydroxyl groups is 1. The van der Waals surface area contributed by atoms with Crippen molar-refractivity contribution in [2.75, 3.05) is 0 Å². The average molecular weight is 294 g/mol. The summed E-state index contributed by atoms with van der Waals surface area (Å²) in [4.78, 5) is 0. The van der Waals surface area contributed by atoms with Crippen LogP contribution < -0.4 is 0 Å². The van der Waals surface area contributed by atoms with E-state index in [1.165, 1.54) is 0 Å². The van der Waals surface area contributed by atoms with Gasteiger partial charge >= 0.3 is 6.18 Å². The number of aliphatic hydroxyl groups excluding tert-OH is 1. The summed E-state index contributed by atoms with van der Waals surface area (Å²) < 4.78 is 65.3. The third-order valence-electron chi connectivity index (χ3n) is 3.92. The number of rotatable bonds is 2. The number of benzene rings is 1. The first-order chi connectivity index (χ1) is 9.30. The average Bonchev–Trinajstić information content (AvgIpc) is 2.37. The van der Waals surface area contributed by atoms with E-state index in [0.29, 0.717) is 12.8 Å². The molecule has 1 fully saturated rings. The molecule has 0 saturated heterocycles. The number of hydrogen-bond donors (Lipinski definition) is 1. The SMILES string of the molecule is OC(c1c(F)cccc1F)C1CCCC(C(F)(F)F)C1. The zero-order chi connectivity index (χ0) is 14.9. The van der Waals surface area contributed by atoms with Gasteiger partial charge < -0.3 is 5.11 Å². The first kappa shape index (κ1) is 15.2. The van der Waals surface area contributed by atoms with Crippen LogP contribution in [0.15, 0.2) is 18.2 Å². The van der Waals surface area contributed by atoms with Gasteiger partial charge in [0.2, 0.25) is 0 Å². The largest absolute Gasteiger partial charge is 0.391 e. The van der Waals surface area contributed by atoms with Crippen LogP contribution in [0.5, 0.6) is 0 Å². The molecule has 3 atom stereocenters. The molecule has 1 saturated carbocycles. The Bertz CT molecular complexity index is 451. The van der Waals surface area contributed by atoms with Crippen molar-refractivity contribution in [3.63, 3.8) is 0 Å². The van der Waals surface area contributed by atoms with Gasteiger partial charge in [-0.15, -0.1) is 0 Å². The molecule has 0 bridgehead atoms. The molecule has 1 N–H and O–H groups in total. The third kappa shape index (κ3) is 3.11. The van der Waals surface area contributed by atoms with Crippen LogP contribution >= 0.6 is 0 Å². The van der Waals surface area contributed by atoms with Crippen LogP contribution in [-0.4, -0.2) is 11.3 Å². The van der Waals surface area contributed by atoms with Crippen LogP contribution in [0.1, 0.15) is 37.4 Å². The van der Waals surface area contributed by atoms with E-state index >= 15 is 0 Å². The summed E-state index contributed by atoms with van der Waals surface area (Å²) in [5, 5.41) is 10.0. The lowest BCUT2D eigenvalue weighted by molar-refractivity contribution is -0.189. The first-order valence-corrected chi connectivity index (χ1v) is 6.49. The van der Waals surface area contributed by atoms with Crippen molar-refractivity contribution in [1.82, 2.24) is 0 Å². The molecule has 1 nitrogen and oxygen atoms in total. The molecule has 0 spiro atoms. The standard InChI is InChI=1S/C14H15F5O/c15-10-5-2-6-11(16)12(10)13(20)8-3-1-4-9(7-8)14(17,18)19/h2,5-6,8-9,13,20H,1,3-4,7H2. The zero-order valence-electron chi connectivity index (χ0n) is 10.6. The minimum atomic E-state index is -4.33. The van der Waals surface area contributed by atoms with Gasteiger partial charge in [-0.05, 0) is 37.3 Å². The highest BCUT2D eigenvalue weighted by atomic mass is 19.4.